The number of alkyl halides is 8. The number of halogens is 8. The molecule has 0 aromatic heterocycles. The average Bonchev–Trinajstić information content (AvgIpc) is 2.42. The van der Waals surface area contributed by atoms with Crippen LogP contribution in [0.1, 0.15) is 11.1 Å². The van der Waals surface area contributed by atoms with Crippen LogP contribution in [0.2, 0.25) is 0 Å². The number of fused-ring (bicyclic) bond motifs is 1. The van der Waals surface area contributed by atoms with Crippen LogP contribution in [0.3, 0.4) is 0 Å². The lowest BCUT2D eigenvalue weighted by Crippen LogP contribution is -2.47. The number of hydrogen-bond acceptors (Lipinski definition) is 2. The van der Waals surface area contributed by atoms with Crippen LogP contribution in [-0.4, -0.2) is 29.5 Å². The second kappa shape index (κ2) is 5.49. The van der Waals surface area contributed by atoms with Crippen molar-refractivity contribution in [2.24, 2.45) is 5.92 Å². The summed E-state index contributed by atoms with van der Waals surface area (Å²) in [6.45, 7) is 0. The Morgan fingerprint density at radius 1 is 1.08 bits per heavy atom. The van der Waals surface area contributed by atoms with Gasteiger partial charge in [0.15, 0.2) is 0 Å². The van der Waals surface area contributed by atoms with E-state index in [-0.39, 0.29) is 0 Å². The van der Waals surface area contributed by atoms with E-state index in [1.165, 1.54) is 0 Å². The zero-order valence-corrected chi connectivity index (χ0v) is 11.4. The SMILES string of the molecule is O=C(O)[C@@H]1Cc2cc(C(F)(F)C(F)(F)F)ccc2O[C@@H]1C(F)(F)F. The number of rotatable bonds is 2. The summed E-state index contributed by atoms with van der Waals surface area (Å²) in [4.78, 5) is 11.0. The number of hydrogen-bond donors (Lipinski definition) is 1. The van der Waals surface area contributed by atoms with Gasteiger partial charge in [0.25, 0.3) is 0 Å². The maximum absolute atomic E-state index is 13.3. The first kappa shape index (κ1) is 18.3. The molecule has 0 saturated heterocycles. The van der Waals surface area contributed by atoms with Gasteiger partial charge in [-0.1, -0.05) is 0 Å². The highest BCUT2D eigenvalue weighted by molar-refractivity contribution is 5.72. The Bertz CT molecular complexity index is 650. The van der Waals surface area contributed by atoms with E-state index in [9.17, 15) is 39.9 Å². The minimum Gasteiger partial charge on any atom is -0.481 e. The maximum Gasteiger partial charge on any atom is 0.458 e. The third-order valence-corrected chi connectivity index (χ3v) is 3.48. The van der Waals surface area contributed by atoms with Gasteiger partial charge in [-0.05, 0) is 30.2 Å². The smallest absolute Gasteiger partial charge is 0.458 e. The fraction of sp³-hybridized carbons (Fsp3) is 0.462. The molecule has 1 aliphatic heterocycles. The molecule has 0 fully saturated rings. The molecular weight excluding hydrogens is 356 g/mol. The normalized spacial score (nSPS) is 21.8. The second-order valence-corrected chi connectivity index (χ2v) is 5.12. The largest absolute Gasteiger partial charge is 0.481 e. The van der Waals surface area contributed by atoms with Crippen molar-refractivity contribution in [1.82, 2.24) is 0 Å². The van der Waals surface area contributed by atoms with Gasteiger partial charge >= 0.3 is 24.2 Å². The highest BCUT2D eigenvalue weighted by Gasteiger charge is 2.59. The molecule has 1 aromatic carbocycles. The van der Waals surface area contributed by atoms with Crippen LogP contribution in [0.25, 0.3) is 0 Å². The van der Waals surface area contributed by atoms with Crippen molar-refractivity contribution in [2.75, 3.05) is 0 Å². The summed E-state index contributed by atoms with van der Waals surface area (Å²) in [5, 5.41) is 8.85. The third kappa shape index (κ3) is 3.11. The lowest BCUT2D eigenvalue weighted by Gasteiger charge is -2.33. The van der Waals surface area contributed by atoms with Gasteiger partial charge in [0.1, 0.15) is 11.7 Å². The van der Waals surface area contributed by atoms with Crippen molar-refractivity contribution < 1.29 is 49.8 Å². The molecule has 11 heteroatoms. The molecule has 2 atom stereocenters. The molecule has 0 unspecified atom stereocenters. The Hall–Kier alpha value is -2.07. The summed E-state index contributed by atoms with van der Waals surface area (Å²) in [6, 6.07) is 1.15. The van der Waals surface area contributed by atoms with Crippen molar-refractivity contribution in [3.63, 3.8) is 0 Å². The zero-order chi connectivity index (χ0) is 18.5. The number of benzene rings is 1. The van der Waals surface area contributed by atoms with Crippen molar-refractivity contribution in [3.8, 4) is 5.75 Å². The van der Waals surface area contributed by atoms with E-state index in [4.69, 9.17) is 5.11 Å². The minimum atomic E-state index is -5.91. The fourth-order valence-corrected chi connectivity index (χ4v) is 2.29. The molecule has 0 amide bonds. The number of carboxylic acids is 1. The summed E-state index contributed by atoms with van der Waals surface area (Å²) >= 11 is 0. The fourth-order valence-electron chi connectivity index (χ4n) is 2.29. The van der Waals surface area contributed by atoms with Gasteiger partial charge in [0.2, 0.25) is 6.10 Å². The van der Waals surface area contributed by atoms with Crippen molar-refractivity contribution >= 4 is 5.97 Å². The predicted octanol–water partition coefficient (Wildman–Crippen LogP) is 3.91. The lowest BCUT2D eigenvalue weighted by molar-refractivity contribution is -0.289. The predicted molar refractivity (Wildman–Crippen MR) is 61.7 cm³/mol. The highest BCUT2D eigenvalue weighted by atomic mass is 19.4. The van der Waals surface area contributed by atoms with E-state index >= 15 is 0 Å². The monoisotopic (exact) mass is 364 g/mol. The first-order valence-electron chi connectivity index (χ1n) is 6.29. The molecular formula is C13H8F8O3. The second-order valence-electron chi connectivity index (χ2n) is 5.12. The van der Waals surface area contributed by atoms with Crippen LogP contribution in [-0.2, 0) is 17.1 Å². The molecule has 24 heavy (non-hydrogen) atoms. The molecule has 1 heterocycles. The molecule has 3 nitrogen and oxygen atoms in total. The molecule has 0 saturated carbocycles. The average molecular weight is 364 g/mol. The van der Waals surface area contributed by atoms with E-state index < -0.39 is 59.6 Å². The van der Waals surface area contributed by atoms with Gasteiger partial charge in [0.05, 0.1) is 0 Å². The number of ether oxygens (including phenoxy) is 1. The highest BCUT2D eigenvalue weighted by Crippen LogP contribution is 2.46. The Morgan fingerprint density at radius 3 is 2.12 bits per heavy atom. The minimum absolute atomic E-state index is 0.293. The van der Waals surface area contributed by atoms with Crippen LogP contribution in [0, 0.1) is 5.92 Å². The van der Waals surface area contributed by atoms with Gasteiger partial charge in [0, 0.05) is 5.56 Å². The Labute approximate surface area is 128 Å². The molecule has 0 spiro atoms. The summed E-state index contributed by atoms with van der Waals surface area (Å²) in [5.74, 6) is -9.89. The third-order valence-electron chi connectivity index (χ3n) is 3.48. The number of carbonyl (C=O) groups is 1. The zero-order valence-electron chi connectivity index (χ0n) is 11.4. The molecule has 0 bridgehead atoms. The van der Waals surface area contributed by atoms with E-state index in [2.05, 4.69) is 4.74 Å². The van der Waals surface area contributed by atoms with Crippen LogP contribution in [0.5, 0.6) is 5.75 Å². The summed E-state index contributed by atoms with van der Waals surface area (Å²) in [5.41, 5.74) is -1.98. The van der Waals surface area contributed by atoms with Crippen LogP contribution in [0.15, 0.2) is 18.2 Å². The van der Waals surface area contributed by atoms with Gasteiger partial charge < -0.3 is 9.84 Å². The van der Waals surface area contributed by atoms with Crippen molar-refractivity contribution in [1.29, 1.82) is 0 Å². The van der Waals surface area contributed by atoms with E-state index in [1.54, 1.807) is 0 Å². The van der Waals surface area contributed by atoms with Crippen molar-refractivity contribution in [2.45, 2.75) is 30.8 Å². The van der Waals surface area contributed by atoms with Gasteiger partial charge in [-0.15, -0.1) is 0 Å². The standard InChI is InChI=1S/C13H8F8O3/c14-11(15,13(19,20)21)6-1-2-8-5(3-6)4-7(10(22)23)9(24-8)12(16,17)18/h1-3,7,9H,4H2,(H,22,23)/t7-,9+/m1/s1. The molecule has 1 aromatic rings. The Morgan fingerprint density at radius 2 is 1.67 bits per heavy atom. The van der Waals surface area contributed by atoms with Crippen molar-refractivity contribution in [3.05, 3.63) is 29.3 Å². The maximum atomic E-state index is 13.3. The summed E-state index contributed by atoms with van der Waals surface area (Å²) in [7, 11) is 0. The first-order valence-corrected chi connectivity index (χ1v) is 6.29. The lowest BCUT2D eigenvalue weighted by atomic mass is 9.88. The quantitative estimate of drug-likeness (QED) is 0.810. The van der Waals surface area contributed by atoms with Gasteiger partial charge in [-0.3, -0.25) is 4.79 Å². The van der Waals surface area contributed by atoms with Crippen LogP contribution < -0.4 is 4.74 Å². The summed E-state index contributed by atoms with van der Waals surface area (Å²) < 4.78 is 107. The van der Waals surface area contributed by atoms with E-state index in [0.717, 1.165) is 0 Å². The summed E-state index contributed by atoms with van der Waals surface area (Å²) in [6.07, 6.45) is -14.6. The van der Waals surface area contributed by atoms with Crippen LogP contribution in [0.4, 0.5) is 35.1 Å². The van der Waals surface area contributed by atoms with Crippen LogP contribution >= 0.6 is 0 Å². The molecule has 2 rings (SSSR count). The van der Waals surface area contributed by atoms with Gasteiger partial charge in [-0.25, -0.2) is 0 Å². The molecule has 1 N–H and O–H groups in total. The van der Waals surface area contributed by atoms with E-state index in [0.29, 0.717) is 18.2 Å². The Kier molecular flexibility index (Phi) is 4.18. The number of carboxylic acid groups (broad SMARTS) is 1. The molecule has 0 radical (unpaired) electrons. The molecule has 0 aliphatic carbocycles. The number of aliphatic carboxylic acids is 1. The molecule has 134 valence electrons. The van der Waals surface area contributed by atoms with E-state index in [1.807, 2.05) is 0 Å². The first-order chi connectivity index (χ1) is 10.7. The topological polar surface area (TPSA) is 46.5 Å². The Balaban J connectivity index is 2.46. The van der Waals surface area contributed by atoms with Gasteiger partial charge in [-0.2, -0.15) is 35.1 Å². The molecule has 1 aliphatic rings.